The minimum Gasteiger partial charge on any atom is -0.381 e. The van der Waals surface area contributed by atoms with Crippen LogP contribution in [0.15, 0.2) is 23.1 Å². The van der Waals surface area contributed by atoms with Crippen LogP contribution in [-0.4, -0.2) is 35.1 Å². The molecule has 20 heavy (non-hydrogen) atoms. The molecule has 0 amide bonds. The van der Waals surface area contributed by atoms with Crippen LogP contribution in [0.25, 0.3) is 0 Å². The van der Waals surface area contributed by atoms with Crippen molar-refractivity contribution in [2.75, 3.05) is 25.0 Å². The maximum atomic E-state index is 11.4. The number of pyridine rings is 1. The third-order valence-corrected chi connectivity index (χ3v) is 4.27. The molecule has 0 bridgehead atoms. The maximum absolute atomic E-state index is 11.4. The Morgan fingerprint density at radius 3 is 2.95 bits per heavy atom. The van der Waals surface area contributed by atoms with Crippen molar-refractivity contribution in [3.63, 3.8) is 0 Å². The van der Waals surface area contributed by atoms with Crippen molar-refractivity contribution in [2.24, 2.45) is 13.0 Å². The Balaban J connectivity index is 1.94. The van der Waals surface area contributed by atoms with Gasteiger partial charge >= 0.3 is 0 Å². The molecule has 1 aliphatic heterocycles. The molecule has 1 aliphatic rings. The average Bonchev–Trinajstić information content (AvgIpc) is 2.43. The normalized spacial score (nSPS) is 21.6. The SMILES string of the molecule is CCCN1CCCC(C(C)Nc2ccc(=O)n(C)c2)C1. The van der Waals surface area contributed by atoms with Crippen molar-refractivity contribution in [2.45, 2.75) is 39.2 Å². The number of piperidine rings is 1. The van der Waals surface area contributed by atoms with Crippen molar-refractivity contribution in [1.29, 1.82) is 0 Å². The summed E-state index contributed by atoms with van der Waals surface area (Å²) in [5.41, 5.74) is 1.07. The van der Waals surface area contributed by atoms with E-state index in [1.807, 2.05) is 12.3 Å². The summed E-state index contributed by atoms with van der Waals surface area (Å²) in [4.78, 5) is 14.0. The fourth-order valence-corrected chi connectivity index (χ4v) is 3.08. The second-order valence-electron chi connectivity index (χ2n) is 6.00. The Morgan fingerprint density at radius 2 is 2.25 bits per heavy atom. The highest BCUT2D eigenvalue weighted by Gasteiger charge is 2.24. The van der Waals surface area contributed by atoms with E-state index >= 15 is 0 Å². The molecule has 1 N–H and O–H groups in total. The van der Waals surface area contributed by atoms with Crippen LogP contribution in [0.5, 0.6) is 0 Å². The molecule has 0 saturated carbocycles. The van der Waals surface area contributed by atoms with Gasteiger partial charge in [-0.05, 0) is 51.3 Å². The fourth-order valence-electron chi connectivity index (χ4n) is 3.08. The summed E-state index contributed by atoms with van der Waals surface area (Å²) in [6, 6.07) is 3.94. The number of likely N-dealkylation sites (tertiary alicyclic amines) is 1. The van der Waals surface area contributed by atoms with E-state index in [9.17, 15) is 4.79 Å². The molecule has 0 aromatic carbocycles. The number of aryl methyl sites for hydroxylation is 1. The van der Waals surface area contributed by atoms with Crippen molar-refractivity contribution < 1.29 is 0 Å². The van der Waals surface area contributed by atoms with Gasteiger partial charge in [0.05, 0.1) is 5.69 Å². The predicted octanol–water partition coefficient (Wildman–Crippen LogP) is 2.31. The van der Waals surface area contributed by atoms with Gasteiger partial charge in [0.15, 0.2) is 0 Å². The largest absolute Gasteiger partial charge is 0.381 e. The zero-order valence-electron chi connectivity index (χ0n) is 12.9. The Kier molecular flexibility index (Phi) is 5.24. The molecule has 4 heteroatoms. The van der Waals surface area contributed by atoms with Gasteiger partial charge in [-0.25, -0.2) is 0 Å². The Bertz CT molecular complexity index is 481. The van der Waals surface area contributed by atoms with Crippen LogP contribution < -0.4 is 10.9 Å². The van der Waals surface area contributed by atoms with Gasteiger partial charge in [-0.3, -0.25) is 4.79 Å². The maximum Gasteiger partial charge on any atom is 0.250 e. The summed E-state index contributed by atoms with van der Waals surface area (Å²) < 4.78 is 1.62. The van der Waals surface area contributed by atoms with Gasteiger partial charge in [0, 0.05) is 31.9 Å². The lowest BCUT2D eigenvalue weighted by atomic mass is 9.91. The van der Waals surface area contributed by atoms with Gasteiger partial charge in [-0.1, -0.05) is 6.92 Å². The summed E-state index contributed by atoms with van der Waals surface area (Å²) in [6.45, 7) is 8.15. The van der Waals surface area contributed by atoms with Gasteiger partial charge in [-0.2, -0.15) is 0 Å². The van der Waals surface area contributed by atoms with E-state index in [0.717, 1.165) is 5.69 Å². The number of nitrogens with one attached hydrogen (secondary N) is 1. The van der Waals surface area contributed by atoms with Gasteiger partial charge in [0.2, 0.25) is 5.56 Å². The molecular formula is C16H27N3O. The van der Waals surface area contributed by atoms with Crippen molar-refractivity contribution in [3.8, 4) is 0 Å². The van der Waals surface area contributed by atoms with Crippen LogP contribution >= 0.6 is 0 Å². The first-order chi connectivity index (χ1) is 9.60. The Hall–Kier alpha value is -1.29. The van der Waals surface area contributed by atoms with Crippen molar-refractivity contribution in [1.82, 2.24) is 9.47 Å². The number of anilines is 1. The highest BCUT2D eigenvalue weighted by molar-refractivity contribution is 5.41. The molecule has 0 aliphatic carbocycles. The van der Waals surface area contributed by atoms with E-state index < -0.39 is 0 Å². The van der Waals surface area contributed by atoms with E-state index in [-0.39, 0.29) is 5.56 Å². The van der Waals surface area contributed by atoms with E-state index in [0.29, 0.717) is 12.0 Å². The van der Waals surface area contributed by atoms with Crippen LogP contribution in [0.1, 0.15) is 33.1 Å². The molecule has 0 radical (unpaired) electrons. The lowest BCUT2D eigenvalue weighted by Gasteiger charge is -2.36. The van der Waals surface area contributed by atoms with Gasteiger partial charge in [0.25, 0.3) is 0 Å². The molecule has 2 heterocycles. The van der Waals surface area contributed by atoms with Crippen LogP contribution in [0.2, 0.25) is 0 Å². The molecule has 1 saturated heterocycles. The Labute approximate surface area is 121 Å². The highest BCUT2D eigenvalue weighted by Crippen LogP contribution is 2.22. The third kappa shape index (κ3) is 3.85. The second kappa shape index (κ2) is 6.93. The highest BCUT2D eigenvalue weighted by atomic mass is 16.1. The minimum atomic E-state index is 0.0370. The van der Waals surface area contributed by atoms with Gasteiger partial charge in [-0.15, -0.1) is 0 Å². The Morgan fingerprint density at radius 1 is 1.45 bits per heavy atom. The summed E-state index contributed by atoms with van der Waals surface area (Å²) in [5.74, 6) is 0.688. The topological polar surface area (TPSA) is 37.3 Å². The van der Waals surface area contributed by atoms with Crippen molar-refractivity contribution in [3.05, 3.63) is 28.7 Å². The first-order valence-electron chi connectivity index (χ1n) is 7.75. The number of hydrogen-bond donors (Lipinski definition) is 1. The molecule has 2 rings (SSSR count). The fraction of sp³-hybridized carbons (Fsp3) is 0.688. The molecule has 112 valence electrons. The monoisotopic (exact) mass is 277 g/mol. The molecule has 1 aromatic rings. The summed E-state index contributed by atoms with van der Waals surface area (Å²) >= 11 is 0. The zero-order chi connectivity index (χ0) is 14.5. The zero-order valence-corrected chi connectivity index (χ0v) is 12.9. The first kappa shape index (κ1) is 15.1. The second-order valence-corrected chi connectivity index (χ2v) is 6.00. The van der Waals surface area contributed by atoms with E-state index in [1.165, 1.54) is 38.9 Å². The van der Waals surface area contributed by atoms with Crippen LogP contribution in [0.4, 0.5) is 5.69 Å². The summed E-state index contributed by atoms with van der Waals surface area (Å²) in [5, 5.41) is 3.56. The molecular weight excluding hydrogens is 250 g/mol. The van der Waals surface area contributed by atoms with E-state index in [4.69, 9.17) is 0 Å². The molecule has 2 atom stereocenters. The quantitative estimate of drug-likeness (QED) is 0.897. The predicted molar refractivity (Wildman–Crippen MR) is 84.2 cm³/mol. The minimum absolute atomic E-state index is 0.0370. The lowest BCUT2D eigenvalue weighted by molar-refractivity contribution is 0.165. The van der Waals surface area contributed by atoms with Crippen LogP contribution in [0, 0.1) is 5.92 Å². The lowest BCUT2D eigenvalue weighted by Crippen LogP contribution is -2.42. The number of aromatic nitrogens is 1. The van der Waals surface area contributed by atoms with Crippen LogP contribution in [-0.2, 0) is 7.05 Å². The molecule has 0 spiro atoms. The smallest absolute Gasteiger partial charge is 0.250 e. The molecule has 4 nitrogen and oxygen atoms in total. The molecule has 2 unspecified atom stereocenters. The summed E-state index contributed by atoms with van der Waals surface area (Å²) in [7, 11) is 1.79. The third-order valence-electron chi connectivity index (χ3n) is 4.27. The first-order valence-corrected chi connectivity index (χ1v) is 7.75. The number of hydrogen-bond acceptors (Lipinski definition) is 3. The number of rotatable bonds is 5. The standard InChI is InChI=1S/C16H27N3O/c1-4-9-19-10-5-6-14(11-19)13(2)17-15-7-8-16(20)18(3)12-15/h7-8,12-14,17H,4-6,9-11H2,1-3H3. The number of nitrogens with zero attached hydrogens (tertiary/aromatic N) is 2. The van der Waals surface area contributed by atoms with E-state index in [2.05, 4.69) is 24.1 Å². The van der Waals surface area contributed by atoms with Gasteiger partial charge < -0.3 is 14.8 Å². The van der Waals surface area contributed by atoms with E-state index in [1.54, 1.807) is 17.7 Å². The molecule has 1 fully saturated rings. The molecule has 1 aromatic heterocycles. The van der Waals surface area contributed by atoms with Crippen molar-refractivity contribution >= 4 is 5.69 Å². The van der Waals surface area contributed by atoms with Gasteiger partial charge in [0.1, 0.15) is 0 Å². The average molecular weight is 277 g/mol. The summed E-state index contributed by atoms with van der Waals surface area (Å²) in [6.07, 6.45) is 5.70. The van der Waals surface area contributed by atoms with Crippen LogP contribution in [0.3, 0.4) is 0 Å².